The van der Waals surface area contributed by atoms with Crippen LogP contribution in [0.1, 0.15) is 31.2 Å². The highest BCUT2D eigenvalue weighted by atomic mass is 35.5. The van der Waals surface area contributed by atoms with Gasteiger partial charge < -0.3 is 25.2 Å². The van der Waals surface area contributed by atoms with Crippen LogP contribution in [0.4, 0.5) is 5.69 Å². The van der Waals surface area contributed by atoms with Crippen LogP contribution in [0.25, 0.3) is 10.9 Å². The minimum Gasteiger partial charge on any atom is -0.507 e. The van der Waals surface area contributed by atoms with Crippen LogP contribution in [0.2, 0.25) is 5.02 Å². The molecule has 1 aliphatic rings. The molecule has 0 unspecified atom stereocenters. The van der Waals surface area contributed by atoms with Gasteiger partial charge in [0.1, 0.15) is 17.2 Å². The zero-order valence-corrected chi connectivity index (χ0v) is 21.0. The summed E-state index contributed by atoms with van der Waals surface area (Å²) in [6, 6.07) is 12.1. The zero-order chi connectivity index (χ0) is 21.8. The summed E-state index contributed by atoms with van der Waals surface area (Å²) in [4.78, 5) is 4.42. The van der Waals surface area contributed by atoms with Gasteiger partial charge in [0, 0.05) is 58.6 Å². The lowest BCUT2D eigenvalue weighted by atomic mass is 9.90. The first-order chi connectivity index (χ1) is 15.1. The van der Waals surface area contributed by atoms with Crippen molar-refractivity contribution in [3.05, 3.63) is 53.2 Å². The molecule has 0 spiro atoms. The number of hydrogen-bond donors (Lipinski definition) is 3. The number of phenols is 1. The third kappa shape index (κ3) is 6.48. The van der Waals surface area contributed by atoms with Crippen LogP contribution in [0.15, 0.2) is 42.6 Å². The van der Waals surface area contributed by atoms with Crippen molar-refractivity contribution in [2.45, 2.75) is 44.3 Å². The number of aromatic hydroxyl groups is 1. The van der Waals surface area contributed by atoms with E-state index in [1.807, 2.05) is 30.5 Å². The largest absolute Gasteiger partial charge is 0.507 e. The Morgan fingerprint density at radius 3 is 2.42 bits per heavy atom. The molecule has 6 nitrogen and oxygen atoms in total. The number of anilines is 1. The fourth-order valence-corrected chi connectivity index (χ4v) is 4.41. The number of phenolic OH excluding ortho intramolecular Hbond substituents is 1. The average molecular weight is 515 g/mol. The second kappa shape index (κ2) is 12.4. The van der Waals surface area contributed by atoms with E-state index in [4.69, 9.17) is 21.1 Å². The molecule has 9 heteroatoms. The minimum absolute atomic E-state index is 0. The Morgan fingerprint density at radius 1 is 1.00 bits per heavy atom. The number of fused-ring (bicyclic) bond motifs is 1. The molecule has 0 saturated heterocycles. The fraction of sp³-hybridized carbons (Fsp3) is 0.375. The molecular formula is C24H30Cl3N3O3. The summed E-state index contributed by atoms with van der Waals surface area (Å²) in [7, 11) is 3.17. The predicted octanol–water partition coefficient (Wildman–Crippen LogP) is 5.97. The Bertz CT molecular complexity index is 1060. The van der Waals surface area contributed by atoms with E-state index in [1.54, 1.807) is 26.4 Å². The highest BCUT2D eigenvalue weighted by Crippen LogP contribution is 2.34. The van der Waals surface area contributed by atoms with Crippen molar-refractivity contribution in [2.75, 3.05) is 19.5 Å². The van der Waals surface area contributed by atoms with Gasteiger partial charge in [0.25, 0.3) is 0 Å². The van der Waals surface area contributed by atoms with E-state index in [-0.39, 0.29) is 30.6 Å². The molecule has 4 rings (SSSR count). The zero-order valence-electron chi connectivity index (χ0n) is 18.6. The first kappa shape index (κ1) is 27.1. The number of nitrogens with one attached hydrogen (secondary N) is 2. The molecule has 1 aromatic heterocycles. The van der Waals surface area contributed by atoms with Crippen LogP contribution >= 0.6 is 36.4 Å². The Labute approximate surface area is 211 Å². The summed E-state index contributed by atoms with van der Waals surface area (Å²) in [6.07, 6.45) is 6.09. The number of halogens is 3. The maximum absolute atomic E-state index is 10.4. The monoisotopic (exact) mass is 513 g/mol. The molecule has 1 aliphatic carbocycles. The number of nitrogens with zero attached hydrogens (tertiary/aromatic N) is 1. The Morgan fingerprint density at radius 2 is 1.73 bits per heavy atom. The van der Waals surface area contributed by atoms with E-state index in [0.29, 0.717) is 35.2 Å². The number of hydrogen-bond acceptors (Lipinski definition) is 6. The Hall–Kier alpha value is -2.12. The molecule has 3 N–H and O–H groups in total. The fourth-order valence-electron chi connectivity index (χ4n) is 4.24. The highest BCUT2D eigenvalue weighted by Gasteiger charge is 2.22. The highest BCUT2D eigenvalue weighted by molar-refractivity contribution is 6.31. The van der Waals surface area contributed by atoms with Crippen LogP contribution in [-0.4, -0.2) is 36.4 Å². The van der Waals surface area contributed by atoms with Crippen molar-refractivity contribution in [3.8, 4) is 17.2 Å². The van der Waals surface area contributed by atoms with Crippen LogP contribution < -0.4 is 20.1 Å². The molecule has 180 valence electrons. The van der Waals surface area contributed by atoms with E-state index in [9.17, 15) is 5.11 Å². The van der Waals surface area contributed by atoms with Gasteiger partial charge in [-0.3, -0.25) is 4.98 Å². The first-order valence-electron chi connectivity index (χ1n) is 10.6. The van der Waals surface area contributed by atoms with Gasteiger partial charge in [0.05, 0.1) is 19.7 Å². The maximum atomic E-state index is 10.4. The van der Waals surface area contributed by atoms with Crippen LogP contribution in [0.5, 0.6) is 17.2 Å². The summed E-state index contributed by atoms with van der Waals surface area (Å²) in [6.45, 7) is 0.553. The normalized spacial score (nSPS) is 17.5. The molecule has 0 amide bonds. The quantitative estimate of drug-likeness (QED) is 0.361. The smallest absolute Gasteiger partial charge is 0.130 e. The lowest BCUT2D eigenvalue weighted by Crippen LogP contribution is -2.36. The SMILES string of the molecule is COc1cc(O)c(CN[C@H]2CC[C@@H](Nc3ccnc4cc(Cl)ccc34)CC2)c(OC)c1.Cl.Cl. The molecule has 33 heavy (non-hydrogen) atoms. The lowest BCUT2D eigenvalue weighted by molar-refractivity contribution is 0.342. The summed E-state index contributed by atoms with van der Waals surface area (Å²) < 4.78 is 10.6. The van der Waals surface area contributed by atoms with Gasteiger partial charge in [-0.1, -0.05) is 11.6 Å². The van der Waals surface area contributed by atoms with Gasteiger partial charge in [0.15, 0.2) is 0 Å². The summed E-state index contributed by atoms with van der Waals surface area (Å²) >= 11 is 6.10. The van der Waals surface area contributed by atoms with Gasteiger partial charge in [-0.15, -0.1) is 24.8 Å². The molecule has 1 saturated carbocycles. The van der Waals surface area contributed by atoms with Gasteiger partial charge in [-0.25, -0.2) is 0 Å². The summed E-state index contributed by atoms with van der Waals surface area (Å²) in [5.74, 6) is 1.39. The second-order valence-electron chi connectivity index (χ2n) is 7.92. The number of methoxy groups -OCH3 is 2. The molecule has 0 bridgehead atoms. The Kier molecular flexibility index (Phi) is 10.2. The standard InChI is InChI=1S/C24H28ClN3O3.2ClH/c1-30-18-12-23(29)20(24(13-18)31-2)14-27-16-4-6-17(7-5-16)28-21-9-10-26-22-11-15(25)3-8-19(21)22;;/h3,8-13,16-17,27,29H,4-7,14H2,1-2H3,(H,26,28);2*1H/t16-,17+;;. The molecule has 2 aromatic carbocycles. The van der Waals surface area contributed by atoms with E-state index < -0.39 is 0 Å². The van der Waals surface area contributed by atoms with Gasteiger partial charge in [0.2, 0.25) is 0 Å². The van der Waals surface area contributed by atoms with Crippen molar-refractivity contribution >= 4 is 53.0 Å². The van der Waals surface area contributed by atoms with Crippen LogP contribution in [-0.2, 0) is 6.54 Å². The second-order valence-corrected chi connectivity index (χ2v) is 8.36. The molecule has 3 aromatic rings. The molecule has 1 heterocycles. The number of benzene rings is 2. The molecular weight excluding hydrogens is 485 g/mol. The molecule has 0 aliphatic heterocycles. The summed E-state index contributed by atoms with van der Waals surface area (Å²) in [5.41, 5.74) is 2.76. The molecule has 0 radical (unpaired) electrons. The van der Waals surface area contributed by atoms with Crippen LogP contribution in [0, 0.1) is 0 Å². The van der Waals surface area contributed by atoms with E-state index >= 15 is 0 Å². The van der Waals surface area contributed by atoms with E-state index in [0.717, 1.165) is 47.8 Å². The Balaban J connectivity index is 0.00000193. The number of ether oxygens (including phenoxy) is 2. The number of aromatic nitrogens is 1. The summed E-state index contributed by atoms with van der Waals surface area (Å²) in [5, 5.41) is 19.4. The van der Waals surface area contributed by atoms with E-state index in [1.165, 1.54) is 0 Å². The van der Waals surface area contributed by atoms with Crippen molar-refractivity contribution in [2.24, 2.45) is 0 Å². The maximum Gasteiger partial charge on any atom is 0.130 e. The van der Waals surface area contributed by atoms with E-state index in [2.05, 4.69) is 15.6 Å². The third-order valence-electron chi connectivity index (χ3n) is 5.97. The lowest BCUT2D eigenvalue weighted by Gasteiger charge is -2.31. The average Bonchev–Trinajstić information content (AvgIpc) is 2.78. The molecule has 0 atom stereocenters. The topological polar surface area (TPSA) is 75.6 Å². The van der Waals surface area contributed by atoms with Gasteiger partial charge in [-0.05, 0) is 49.9 Å². The third-order valence-corrected chi connectivity index (χ3v) is 6.21. The number of rotatable bonds is 7. The van der Waals surface area contributed by atoms with Crippen LogP contribution in [0.3, 0.4) is 0 Å². The predicted molar refractivity (Wildman–Crippen MR) is 139 cm³/mol. The van der Waals surface area contributed by atoms with Gasteiger partial charge >= 0.3 is 0 Å². The minimum atomic E-state index is 0. The molecule has 1 fully saturated rings. The van der Waals surface area contributed by atoms with Crippen molar-refractivity contribution in [1.82, 2.24) is 10.3 Å². The van der Waals surface area contributed by atoms with Crippen molar-refractivity contribution in [1.29, 1.82) is 0 Å². The van der Waals surface area contributed by atoms with Gasteiger partial charge in [-0.2, -0.15) is 0 Å². The number of pyridine rings is 1. The van der Waals surface area contributed by atoms with Crippen molar-refractivity contribution in [3.63, 3.8) is 0 Å². The first-order valence-corrected chi connectivity index (χ1v) is 10.9. The van der Waals surface area contributed by atoms with Crippen molar-refractivity contribution < 1.29 is 14.6 Å².